The molecule has 1 aliphatic rings. The fourth-order valence-electron chi connectivity index (χ4n) is 2.43. The molecule has 0 nitrogen and oxygen atoms in total. The van der Waals surface area contributed by atoms with Gasteiger partial charge in [0.05, 0.1) is 0 Å². The van der Waals surface area contributed by atoms with Crippen LogP contribution >= 0.6 is 0 Å². The van der Waals surface area contributed by atoms with Gasteiger partial charge in [0.15, 0.2) is 0 Å². The fourth-order valence-corrected chi connectivity index (χ4v) is 2.43. The average molecular weight is 168 g/mol. The highest BCUT2D eigenvalue weighted by molar-refractivity contribution is 4.73. The van der Waals surface area contributed by atoms with Crippen LogP contribution in [0.3, 0.4) is 0 Å². The summed E-state index contributed by atoms with van der Waals surface area (Å²) in [5, 5.41) is 0. The summed E-state index contributed by atoms with van der Waals surface area (Å²) < 4.78 is 0. The standard InChI is InChI=1S/C12H24/c1-4-10(2)9-12-8-6-5-7-11(12)3/h10-12H,4-9H2,1-3H3/t10?,11?,12-/m1/s1. The second-order valence-electron chi connectivity index (χ2n) is 4.77. The highest BCUT2D eigenvalue weighted by Gasteiger charge is 2.22. The molecule has 1 saturated carbocycles. The van der Waals surface area contributed by atoms with Crippen molar-refractivity contribution in [3.8, 4) is 0 Å². The predicted molar refractivity (Wildman–Crippen MR) is 55.2 cm³/mol. The highest BCUT2D eigenvalue weighted by Crippen LogP contribution is 2.34. The van der Waals surface area contributed by atoms with Gasteiger partial charge < -0.3 is 0 Å². The molecular weight excluding hydrogens is 144 g/mol. The van der Waals surface area contributed by atoms with E-state index < -0.39 is 0 Å². The molecule has 0 aliphatic heterocycles. The summed E-state index contributed by atoms with van der Waals surface area (Å²) in [5.41, 5.74) is 0. The monoisotopic (exact) mass is 168 g/mol. The van der Waals surface area contributed by atoms with Gasteiger partial charge in [0.2, 0.25) is 0 Å². The molecule has 0 heterocycles. The number of hydrogen-bond acceptors (Lipinski definition) is 0. The van der Waals surface area contributed by atoms with Crippen molar-refractivity contribution >= 4 is 0 Å². The minimum atomic E-state index is 0.954. The Morgan fingerprint density at radius 1 is 1.25 bits per heavy atom. The van der Waals surface area contributed by atoms with Gasteiger partial charge in [-0.2, -0.15) is 0 Å². The number of rotatable bonds is 3. The van der Waals surface area contributed by atoms with Crippen LogP contribution in [0, 0.1) is 17.8 Å². The highest BCUT2D eigenvalue weighted by atomic mass is 14.3. The maximum Gasteiger partial charge on any atom is -0.0386 e. The first kappa shape index (κ1) is 10.1. The molecule has 1 rings (SSSR count). The van der Waals surface area contributed by atoms with E-state index in [-0.39, 0.29) is 0 Å². The van der Waals surface area contributed by atoms with E-state index in [2.05, 4.69) is 20.8 Å². The quantitative estimate of drug-likeness (QED) is 0.591. The summed E-state index contributed by atoms with van der Waals surface area (Å²) in [6, 6.07) is 0. The Balaban J connectivity index is 2.28. The molecule has 0 aromatic carbocycles. The van der Waals surface area contributed by atoms with Gasteiger partial charge in [0.1, 0.15) is 0 Å². The van der Waals surface area contributed by atoms with E-state index in [0.717, 1.165) is 17.8 Å². The third kappa shape index (κ3) is 2.80. The first-order chi connectivity index (χ1) is 5.74. The summed E-state index contributed by atoms with van der Waals surface area (Å²) in [5.74, 6) is 3.01. The summed E-state index contributed by atoms with van der Waals surface area (Å²) in [4.78, 5) is 0. The van der Waals surface area contributed by atoms with Crippen LogP contribution in [0.15, 0.2) is 0 Å². The molecule has 2 unspecified atom stereocenters. The first-order valence-electron chi connectivity index (χ1n) is 5.74. The molecule has 0 bridgehead atoms. The third-order valence-corrected chi connectivity index (χ3v) is 3.69. The van der Waals surface area contributed by atoms with Gasteiger partial charge in [-0.1, -0.05) is 52.9 Å². The molecule has 0 spiro atoms. The largest absolute Gasteiger partial charge is 0.0651 e. The second kappa shape index (κ2) is 4.89. The van der Waals surface area contributed by atoms with E-state index in [1.807, 2.05) is 0 Å². The zero-order valence-corrected chi connectivity index (χ0v) is 8.97. The van der Waals surface area contributed by atoms with Gasteiger partial charge in [0.25, 0.3) is 0 Å². The Morgan fingerprint density at radius 3 is 2.50 bits per heavy atom. The van der Waals surface area contributed by atoms with Crippen LogP contribution in [0.5, 0.6) is 0 Å². The molecule has 0 amide bonds. The van der Waals surface area contributed by atoms with Crippen LogP contribution in [0.4, 0.5) is 0 Å². The summed E-state index contributed by atoms with van der Waals surface area (Å²) in [6.45, 7) is 7.17. The Bertz CT molecular complexity index is 117. The second-order valence-corrected chi connectivity index (χ2v) is 4.77. The fraction of sp³-hybridized carbons (Fsp3) is 1.00. The Hall–Kier alpha value is 0. The molecule has 0 heteroatoms. The van der Waals surface area contributed by atoms with E-state index in [4.69, 9.17) is 0 Å². The van der Waals surface area contributed by atoms with Crippen LogP contribution in [-0.4, -0.2) is 0 Å². The third-order valence-electron chi connectivity index (χ3n) is 3.69. The normalized spacial score (nSPS) is 33.2. The molecule has 0 saturated heterocycles. The summed E-state index contributed by atoms with van der Waals surface area (Å²) in [7, 11) is 0. The van der Waals surface area contributed by atoms with Crippen molar-refractivity contribution < 1.29 is 0 Å². The molecule has 1 aliphatic carbocycles. The van der Waals surface area contributed by atoms with E-state index in [9.17, 15) is 0 Å². The lowest BCUT2D eigenvalue weighted by Gasteiger charge is -2.30. The molecule has 0 aromatic heterocycles. The van der Waals surface area contributed by atoms with Crippen LogP contribution in [0.2, 0.25) is 0 Å². The van der Waals surface area contributed by atoms with E-state index in [1.54, 1.807) is 0 Å². The van der Waals surface area contributed by atoms with Crippen LogP contribution in [0.25, 0.3) is 0 Å². The minimum Gasteiger partial charge on any atom is -0.0651 e. The number of hydrogen-bond donors (Lipinski definition) is 0. The minimum absolute atomic E-state index is 0.954. The van der Waals surface area contributed by atoms with Crippen LogP contribution < -0.4 is 0 Å². The SMILES string of the molecule is CCC(C)C[C@H]1CCCCC1C. The molecule has 0 aromatic rings. The van der Waals surface area contributed by atoms with Crippen molar-refractivity contribution in [1.29, 1.82) is 0 Å². The van der Waals surface area contributed by atoms with Crippen LogP contribution in [0.1, 0.15) is 59.3 Å². The lowest BCUT2D eigenvalue weighted by Crippen LogP contribution is -2.18. The van der Waals surface area contributed by atoms with Gasteiger partial charge in [-0.15, -0.1) is 0 Å². The van der Waals surface area contributed by atoms with Crippen molar-refractivity contribution in [3.05, 3.63) is 0 Å². The van der Waals surface area contributed by atoms with E-state index in [0.29, 0.717) is 0 Å². The van der Waals surface area contributed by atoms with Crippen molar-refractivity contribution in [2.75, 3.05) is 0 Å². The van der Waals surface area contributed by atoms with Crippen molar-refractivity contribution in [2.24, 2.45) is 17.8 Å². The predicted octanol–water partition coefficient (Wildman–Crippen LogP) is 4.25. The van der Waals surface area contributed by atoms with E-state index >= 15 is 0 Å². The maximum atomic E-state index is 2.45. The van der Waals surface area contributed by atoms with Crippen molar-refractivity contribution in [1.82, 2.24) is 0 Å². The Labute approximate surface area is 77.7 Å². The maximum absolute atomic E-state index is 2.45. The smallest absolute Gasteiger partial charge is 0.0386 e. The first-order valence-corrected chi connectivity index (χ1v) is 5.74. The molecular formula is C12H24. The molecule has 0 N–H and O–H groups in total. The zero-order valence-electron chi connectivity index (χ0n) is 8.97. The molecule has 12 heavy (non-hydrogen) atoms. The lowest BCUT2D eigenvalue weighted by molar-refractivity contribution is 0.214. The molecule has 1 fully saturated rings. The Kier molecular flexibility index (Phi) is 4.11. The van der Waals surface area contributed by atoms with Gasteiger partial charge in [-0.05, 0) is 24.2 Å². The lowest BCUT2D eigenvalue weighted by atomic mass is 9.76. The Morgan fingerprint density at radius 2 is 1.92 bits per heavy atom. The van der Waals surface area contributed by atoms with Gasteiger partial charge in [0, 0.05) is 0 Å². The molecule has 0 radical (unpaired) electrons. The van der Waals surface area contributed by atoms with Crippen LogP contribution in [-0.2, 0) is 0 Å². The van der Waals surface area contributed by atoms with Gasteiger partial charge >= 0.3 is 0 Å². The van der Waals surface area contributed by atoms with Crippen molar-refractivity contribution in [3.63, 3.8) is 0 Å². The zero-order chi connectivity index (χ0) is 8.97. The van der Waals surface area contributed by atoms with Gasteiger partial charge in [-0.3, -0.25) is 0 Å². The van der Waals surface area contributed by atoms with Gasteiger partial charge in [-0.25, -0.2) is 0 Å². The van der Waals surface area contributed by atoms with E-state index in [1.165, 1.54) is 38.5 Å². The average Bonchev–Trinajstić information content (AvgIpc) is 2.09. The topological polar surface area (TPSA) is 0 Å². The van der Waals surface area contributed by atoms with Crippen molar-refractivity contribution in [2.45, 2.75) is 59.3 Å². The summed E-state index contributed by atoms with van der Waals surface area (Å²) >= 11 is 0. The summed E-state index contributed by atoms with van der Waals surface area (Å²) in [6.07, 6.45) is 8.82. The molecule has 72 valence electrons. The molecule has 3 atom stereocenters.